The quantitative estimate of drug-likeness (QED) is 0.598. The number of nitrogens with zero attached hydrogens (tertiary/aromatic N) is 2. The first-order valence-electron chi connectivity index (χ1n) is 9.02. The first-order valence-corrected chi connectivity index (χ1v) is 9.02. The predicted octanol–water partition coefficient (Wildman–Crippen LogP) is 5.06. The van der Waals surface area contributed by atoms with E-state index in [1.165, 1.54) is 24.8 Å². The Morgan fingerprint density at radius 2 is 1.84 bits per heavy atom. The van der Waals surface area contributed by atoms with Crippen LogP contribution in [-0.4, -0.2) is 4.98 Å². The highest BCUT2D eigenvalue weighted by Crippen LogP contribution is 2.38. The summed E-state index contributed by atoms with van der Waals surface area (Å²) >= 11 is 0. The number of aromatic nitrogens is 2. The largest absolute Gasteiger partial charge is 0.287 e. The zero-order chi connectivity index (χ0) is 17.7. The molecule has 4 rings (SSSR count). The van der Waals surface area contributed by atoms with Gasteiger partial charge in [0.05, 0.1) is 12.4 Å². The van der Waals surface area contributed by atoms with Gasteiger partial charge in [0, 0.05) is 5.56 Å². The molecule has 0 unspecified atom stereocenters. The zero-order valence-electron chi connectivity index (χ0n) is 15.4. The Balaban J connectivity index is 2.02. The number of hydrogen-bond acceptors (Lipinski definition) is 1. The molecule has 0 spiro atoms. The smallest absolute Gasteiger partial charge is 0.232 e. The third-order valence-corrected chi connectivity index (χ3v) is 5.83. The Hall–Kier alpha value is -2.29. The lowest BCUT2D eigenvalue weighted by atomic mass is 9.79. The summed E-state index contributed by atoms with van der Waals surface area (Å²) in [6.45, 7) is 5.72. The van der Waals surface area contributed by atoms with Crippen molar-refractivity contribution in [2.24, 2.45) is 7.05 Å². The van der Waals surface area contributed by atoms with E-state index in [4.69, 9.17) is 0 Å². The molecule has 0 N–H and O–H groups in total. The molecule has 0 bridgehead atoms. The number of rotatable bonds is 2. The van der Waals surface area contributed by atoms with E-state index in [1.54, 1.807) is 0 Å². The Kier molecular flexibility index (Phi) is 3.82. The number of fused-ring (bicyclic) bond motifs is 1. The van der Waals surface area contributed by atoms with E-state index >= 15 is 0 Å². The summed E-state index contributed by atoms with van der Waals surface area (Å²) in [5, 5.41) is 1.16. The maximum Gasteiger partial charge on any atom is 0.287 e. The average Bonchev–Trinajstić information content (AvgIpc) is 2.55. The summed E-state index contributed by atoms with van der Waals surface area (Å²) in [6.07, 6.45) is 5.74. The van der Waals surface area contributed by atoms with Crippen LogP contribution in [0.5, 0.6) is 0 Å². The fraction of sp³-hybridized carbons (Fsp3) is 0.364. The molecule has 1 saturated carbocycles. The van der Waals surface area contributed by atoms with E-state index in [9.17, 15) is 4.39 Å². The van der Waals surface area contributed by atoms with Crippen LogP contribution in [-0.2, 0) is 7.05 Å². The maximum atomic E-state index is 14.3. The van der Waals surface area contributed by atoms with Crippen molar-refractivity contribution in [2.45, 2.75) is 46.0 Å². The molecule has 128 valence electrons. The summed E-state index contributed by atoms with van der Waals surface area (Å²) < 4.78 is 16.4. The van der Waals surface area contributed by atoms with Crippen LogP contribution in [0.2, 0.25) is 0 Å². The van der Waals surface area contributed by atoms with Crippen LogP contribution < -0.4 is 4.57 Å². The maximum absolute atomic E-state index is 14.3. The monoisotopic (exact) mass is 335 g/mol. The first-order chi connectivity index (χ1) is 12.0. The summed E-state index contributed by atoms with van der Waals surface area (Å²) in [4.78, 5) is 4.59. The summed E-state index contributed by atoms with van der Waals surface area (Å²) in [5.74, 6) is 0.581. The van der Waals surface area contributed by atoms with Gasteiger partial charge in [-0.3, -0.25) is 0 Å². The highest BCUT2D eigenvalue weighted by molar-refractivity contribution is 5.92. The topological polar surface area (TPSA) is 16.8 Å². The fourth-order valence-electron chi connectivity index (χ4n) is 3.88. The van der Waals surface area contributed by atoms with Gasteiger partial charge in [-0.1, -0.05) is 12.5 Å². The predicted molar refractivity (Wildman–Crippen MR) is 99.1 cm³/mol. The lowest BCUT2D eigenvalue weighted by Gasteiger charge is -2.25. The molecule has 1 aliphatic rings. The second kappa shape index (κ2) is 5.91. The normalized spacial score (nSPS) is 14.8. The molecule has 0 saturated heterocycles. The van der Waals surface area contributed by atoms with Gasteiger partial charge in [0.15, 0.2) is 5.52 Å². The van der Waals surface area contributed by atoms with Crippen LogP contribution >= 0.6 is 0 Å². The third kappa shape index (κ3) is 2.53. The molecule has 3 aromatic rings. The molecule has 25 heavy (non-hydrogen) atoms. The van der Waals surface area contributed by atoms with Crippen molar-refractivity contribution >= 4 is 10.9 Å². The molecule has 0 aliphatic heterocycles. The van der Waals surface area contributed by atoms with E-state index in [0.29, 0.717) is 11.5 Å². The van der Waals surface area contributed by atoms with Crippen molar-refractivity contribution in [1.82, 2.24) is 4.98 Å². The summed E-state index contributed by atoms with van der Waals surface area (Å²) in [6, 6.07) is 8.62. The molecular weight excluding hydrogens is 311 g/mol. The SMILES string of the molecule is Cc1cc(-c2c3cc(C4CCC4)ccc3nc[n+]2C)c(C)c(C)c1F. The van der Waals surface area contributed by atoms with E-state index in [1.807, 2.05) is 40.2 Å². The average molecular weight is 335 g/mol. The summed E-state index contributed by atoms with van der Waals surface area (Å²) in [5.41, 5.74) is 7.04. The third-order valence-electron chi connectivity index (χ3n) is 5.83. The van der Waals surface area contributed by atoms with Crippen molar-refractivity contribution in [3.63, 3.8) is 0 Å². The highest BCUT2D eigenvalue weighted by Gasteiger charge is 2.23. The van der Waals surface area contributed by atoms with Gasteiger partial charge in [0.2, 0.25) is 0 Å². The number of halogens is 1. The number of hydrogen-bond donors (Lipinski definition) is 0. The zero-order valence-corrected chi connectivity index (χ0v) is 15.4. The molecule has 1 aliphatic carbocycles. The molecule has 0 radical (unpaired) electrons. The van der Waals surface area contributed by atoms with Crippen molar-refractivity contribution in [1.29, 1.82) is 0 Å². The van der Waals surface area contributed by atoms with Gasteiger partial charge in [-0.25, -0.2) is 8.96 Å². The van der Waals surface area contributed by atoms with E-state index in [0.717, 1.165) is 33.3 Å². The standard InChI is InChI=1S/C22H24FN2/c1-13-10-18(14(2)15(3)21(13)23)22-19-11-17(16-6-5-7-16)8-9-20(19)24-12-25(22)4/h8-12,16H,5-7H2,1-4H3/q+1. The molecule has 2 aromatic carbocycles. The minimum atomic E-state index is -0.0996. The number of benzene rings is 2. The fourth-order valence-corrected chi connectivity index (χ4v) is 3.88. The Labute approximate surface area is 148 Å². The van der Waals surface area contributed by atoms with Crippen LogP contribution in [0, 0.1) is 26.6 Å². The number of aryl methyl sites for hydroxylation is 2. The molecule has 0 atom stereocenters. The van der Waals surface area contributed by atoms with E-state index < -0.39 is 0 Å². The van der Waals surface area contributed by atoms with Gasteiger partial charge >= 0.3 is 0 Å². The molecule has 2 nitrogen and oxygen atoms in total. The van der Waals surface area contributed by atoms with Crippen molar-refractivity contribution in [2.75, 3.05) is 0 Å². The van der Waals surface area contributed by atoms with Gasteiger partial charge in [0.1, 0.15) is 11.5 Å². The van der Waals surface area contributed by atoms with Crippen LogP contribution in [0.3, 0.4) is 0 Å². The molecular formula is C22H24FN2+. The van der Waals surface area contributed by atoms with Gasteiger partial charge in [-0.2, -0.15) is 0 Å². The highest BCUT2D eigenvalue weighted by atomic mass is 19.1. The second-order valence-electron chi connectivity index (χ2n) is 7.41. The second-order valence-corrected chi connectivity index (χ2v) is 7.41. The van der Waals surface area contributed by atoms with Crippen molar-refractivity contribution in [3.8, 4) is 11.3 Å². The van der Waals surface area contributed by atoms with Gasteiger partial charge in [0.25, 0.3) is 6.33 Å². The van der Waals surface area contributed by atoms with Crippen LogP contribution in [0.25, 0.3) is 22.2 Å². The molecule has 0 amide bonds. The lowest BCUT2D eigenvalue weighted by molar-refractivity contribution is -0.662. The first kappa shape index (κ1) is 16.2. The molecule has 3 heteroatoms. The molecule has 1 heterocycles. The molecule has 1 fully saturated rings. The minimum Gasteiger partial charge on any atom is -0.232 e. The summed E-state index contributed by atoms with van der Waals surface area (Å²) in [7, 11) is 2.02. The lowest BCUT2D eigenvalue weighted by Crippen LogP contribution is -2.32. The Bertz CT molecular complexity index is 987. The van der Waals surface area contributed by atoms with Crippen LogP contribution in [0.15, 0.2) is 30.6 Å². The van der Waals surface area contributed by atoms with Gasteiger partial charge in [-0.15, -0.1) is 0 Å². The van der Waals surface area contributed by atoms with Crippen LogP contribution in [0.4, 0.5) is 4.39 Å². The molecule has 1 aromatic heterocycles. The van der Waals surface area contributed by atoms with E-state index in [2.05, 4.69) is 27.8 Å². The van der Waals surface area contributed by atoms with Gasteiger partial charge in [-0.05, 0) is 85.0 Å². The minimum absolute atomic E-state index is 0.0996. The van der Waals surface area contributed by atoms with Gasteiger partial charge < -0.3 is 0 Å². The van der Waals surface area contributed by atoms with Crippen molar-refractivity contribution in [3.05, 3.63) is 58.7 Å². The Morgan fingerprint density at radius 1 is 1.08 bits per heavy atom. The van der Waals surface area contributed by atoms with Crippen LogP contribution in [0.1, 0.15) is 47.4 Å². The van der Waals surface area contributed by atoms with E-state index in [-0.39, 0.29) is 5.82 Å². The van der Waals surface area contributed by atoms with Crippen molar-refractivity contribution < 1.29 is 8.96 Å². The Morgan fingerprint density at radius 3 is 2.52 bits per heavy atom.